The molecule has 20 heavy (non-hydrogen) atoms. The van der Waals surface area contributed by atoms with Crippen LogP contribution >= 0.6 is 0 Å². The number of unbranched alkanes of at least 4 members (excludes halogenated alkanes) is 2. The normalized spacial score (nSPS) is 14.1. The summed E-state index contributed by atoms with van der Waals surface area (Å²) in [4.78, 5) is 0. The zero-order valence-corrected chi connectivity index (χ0v) is 18.4. The Balaban J connectivity index is 4.39. The highest BCUT2D eigenvalue weighted by atomic mass is 28.5. The Labute approximate surface area is 131 Å². The molecule has 122 valence electrons. The molecule has 0 fully saturated rings. The molecule has 0 heterocycles. The maximum absolute atomic E-state index is 6.52. The van der Waals surface area contributed by atoms with Gasteiger partial charge in [0, 0.05) is 0 Å². The third-order valence-corrected chi connectivity index (χ3v) is 12.6. The summed E-state index contributed by atoms with van der Waals surface area (Å²) in [5.41, 5.74) is 0. The van der Waals surface area contributed by atoms with E-state index in [9.17, 15) is 0 Å². The van der Waals surface area contributed by atoms with Crippen molar-refractivity contribution in [2.45, 2.75) is 91.4 Å². The van der Waals surface area contributed by atoms with Gasteiger partial charge in [-0.15, -0.1) is 0 Å². The SMILES string of the molecule is CC(C)CCCCC[Si](C)(O[Si](C)(C)C)O[Si](C)(C)C. The minimum absolute atomic E-state index is 0.829. The first-order valence-corrected chi connectivity index (χ1v) is 17.6. The van der Waals surface area contributed by atoms with E-state index in [1.54, 1.807) is 0 Å². The van der Waals surface area contributed by atoms with Gasteiger partial charge in [-0.1, -0.05) is 39.5 Å². The molecule has 0 atom stereocenters. The van der Waals surface area contributed by atoms with E-state index in [0.717, 1.165) is 5.92 Å². The molecule has 0 spiro atoms. The summed E-state index contributed by atoms with van der Waals surface area (Å²) in [6.45, 7) is 20.6. The maximum atomic E-state index is 6.52. The van der Waals surface area contributed by atoms with E-state index < -0.39 is 25.2 Å². The van der Waals surface area contributed by atoms with Crippen molar-refractivity contribution in [1.29, 1.82) is 0 Å². The lowest BCUT2D eigenvalue weighted by Gasteiger charge is -2.38. The van der Waals surface area contributed by atoms with Crippen molar-refractivity contribution < 1.29 is 8.23 Å². The molecule has 0 saturated heterocycles. The van der Waals surface area contributed by atoms with Crippen molar-refractivity contribution in [3.8, 4) is 0 Å². The van der Waals surface area contributed by atoms with Gasteiger partial charge in [-0.25, -0.2) is 0 Å². The lowest BCUT2D eigenvalue weighted by atomic mass is 10.1. The Morgan fingerprint density at radius 3 is 1.50 bits per heavy atom. The molecule has 0 aromatic rings. The van der Waals surface area contributed by atoms with Crippen LogP contribution in [0.25, 0.3) is 0 Å². The van der Waals surface area contributed by atoms with Crippen molar-refractivity contribution in [2.75, 3.05) is 0 Å². The van der Waals surface area contributed by atoms with Crippen molar-refractivity contribution in [3.05, 3.63) is 0 Å². The van der Waals surface area contributed by atoms with Crippen LogP contribution in [0.4, 0.5) is 0 Å². The molecule has 0 aliphatic carbocycles. The first kappa shape index (κ1) is 20.6. The zero-order chi connectivity index (χ0) is 16.0. The van der Waals surface area contributed by atoms with E-state index in [1.165, 1.54) is 31.7 Å². The standard InChI is InChI=1S/C15H38O2Si3/c1-15(2)13-11-10-12-14-20(9,16-18(3,4)5)17-19(6,7)8/h15H,10-14H2,1-9H3. The third kappa shape index (κ3) is 12.3. The molecule has 0 bridgehead atoms. The van der Waals surface area contributed by atoms with E-state index in [2.05, 4.69) is 59.7 Å². The smallest absolute Gasteiger partial charge is 0.314 e. The minimum Gasteiger partial charge on any atom is -0.437 e. The van der Waals surface area contributed by atoms with Crippen molar-refractivity contribution in [3.63, 3.8) is 0 Å². The molecule has 0 aromatic carbocycles. The van der Waals surface area contributed by atoms with Gasteiger partial charge in [0.05, 0.1) is 0 Å². The summed E-state index contributed by atoms with van der Waals surface area (Å²) in [6.07, 6.45) is 5.29. The fraction of sp³-hybridized carbons (Fsp3) is 1.00. The molecule has 0 amide bonds. The second-order valence-electron chi connectivity index (χ2n) is 8.56. The Bertz CT molecular complexity index is 251. The van der Waals surface area contributed by atoms with Gasteiger partial charge in [0.2, 0.25) is 0 Å². The quantitative estimate of drug-likeness (QED) is 0.361. The van der Waals surface area contributed by atoms with Gasteiger partial charge in [-0.05, 0) is 57.8 Å². The van der Waals surface area contributed by atoms with Gasteiger partial charge in [0.15, 0.2) is 16.6 Å². The Morgan fingerprint density at radius 1 is 0.700 bits per heavy atom. The van der Waals surface area contributed by atoms with Crippen LogP contribution in [0.5, 0.6) is 0 Å². The highest BCUT2D eigenvalue weighted by Gasteiger charge is 2.39. The Hall–Kier alpha value is 0.571. The van der Waals surface area contributed by atoms with Crippen LogP contribution in [-0.2, 0) is 8.23 Å². The lowest BCUT2D eigenvalue weighted by molar-refractivity contribution is 0.379. The second-order valence-corrected chi connectivity index (χ2v) is 21.4. The fourth-order valence-corrected chi connectivity index (χ4v) is 15.2. The van der Waals surface area contributed by atoms with Crippen molar-refractivity contribution in [2.24, 2.45) is 5.92 Å². The fourth-order valence-electron chi connectivity index (χ4n) is 2.59. The molecule has 0 aliphatic rings. The molecule has 0 aliphatic heterocycles. The molecule has 0 radical (unpaired) electrons. The summed E-state index contributed by atoms with van der Waals surface area (Å²) >= 11 is 0. The topological polar surface area (TPSA) is 18.5 Å². The first-order valence-electron chi connectivity index (χ1n) is 8.23. The largest absolute Gasteiger partial charge is 0.437 e. The van der Waals surface area contributed by atoms with Gasteiger partial charge in [0.1, 0.15) is 0 Å². The van der Waals surface area contributed by atoms with E-state index in [0.29, 0.717) is 0 Å². The number of hydrogen-bond acceptors (Lipinski definition) is 2. The van der Waals surface area contributed by atoms with Crippen LogP contribution in [0.2, 0.25) is 51.9 Å². The third-order valence-electron chi connectivity index (χ3n) is 2.96. The highest BCUT2D eigenvalue weighted by Crippen LogP contribution is 2.26. The van der Waals surface area contributed by atoms with E-state index in [4.69, 9.17) is 8.23 Å². The molecule has 0 unspecified atom stereocenters. The predicted octanol–water partition coefficient (Wildman–Crippen LogP) is 5.98. The molecular weight excluding hydrogens is 296 g/mol. The molecule has 5 heteroatoms. The van der Waals surface area contributed by atoms with Crippen molar-refractivity contribution in [1.82, 2.24) is 0 Å². The van der Waals surface area contributed by atoms with Crippen molar-refractivity contribution >= 4 is 25.2 Å². The molecule has 0 rings (SSSR count). The van der Waals surface area contributed by atoms with Gasteiger partial charge >= 0.3 is 8.56 Å². The van der Waals surface area contributed by atoms with Gasteiger partial charge in [-0.2, -0.15) is 0 Å². The monoisotopic (exact) mass is 334 g/mol. The predicted molar refractivity (Wildman–Crippen MR) is 98.6 cm³/mol. The van der Waals surface area contributed by atoms with E-state index in [-0.39, 0.29) is 0 Å². The Morgan fingerprint density at radius 2 is 1.15 bits per heavy atom. The molecular formula is C15H38O2Si3. The summed E-state index contributed by atoms with van der Waals surface area (Å²) in [7, 11) is -5.01. The molecule has 0 N–H and O–H groups in total. The van der Waals surface area contributed by atoms with Crippen LogP contribution in [-0.4, -0.2) is 25.2 Å². The summed E-state index contributed by atoms with van der Waals surface area (Å²) < 4.78 is 13.0. The summed E-state index contributed by atoms with van der Waals surface area (Å²) in [5.74, 6) is 0.829. The lowest BCUT2D eigenvalue weighted by Crippen LogP contribution is -2.52. The molecule has 0 aromatic heterocycles. The number of rotatable bonds is 10. The van der Waals surface area contributed by atoms with Gasteiger partial charge in [0.25, 0.3) is 0 Å². The summed E-state index contributed by atoms with van der Waals surface area (Å²) in [6, 6.07) is 1.17. The zero-order valence-electron chi connectivity index (χ0n) is 15.4. The molecule has 0 saturated carbocycles. The van der Waals surface area contributed by atoms with Crippen LogP contribution in [0.3, 0.4) is 0 Å². The van der Waals surface area contributed by atoms with Crippen LogP contribution in [0.15, 0.2) is 0 Å². The first-order chi connectivity index (χ1) is 8.83. The average molecular weight is 335 g/mol. The average Bonchev–Trinajstić information content (AvgIpc) is 2.09. The van der Waals surface area contributed by atoms with Crippen LogP contribution in [0.1, 0.15) is 39.5 Å². The number of hydrogen-bond donors (Lipinski definition) is 0. The highest BCUT2D eigenvalue weighted by molar-refractivity contribution is 6.87. The van der Waals surface area contributed by atoms with E-state index >= 15 is 0 Å². The van der Waals surface area contributed by atoms with Gasteiger partial charge < -0.3 is 8.23 Å². The summed E-state index contributed by atoms with van der Waals surface area (Å²) in [5, 5.41) is 0. The van der Waals surface area contributed by atoms with Crippen LogP contribution < -0.4 is 0 Å². The maximum Gasteiger partial charge on any atom is 0.314 e. The molecule has 2 nitrogen and oxygen atoms in total. The second kappa shape index (κ2) is 8.27. The van der Waals surface area contributed by atoms with Crippen LogP contribution in [0, 0.1) is 5.92 Å². The van der Waals surface area contributed by atoms with E-state index in [1.807, 2.05) is 0 Å². The minimum atomic E-state index is -1.97. The van der Waals surface area contributed by atoms with Gasteiger partial charge in [-0.3, -0.25) is 0 Å². The Kier molecular flexibility index (Phi) is 8.50.